The summed E-state index contributed by atoms with van der Waals surface area (Å²) in [7, 11) is 1.96. The Kier molecular flexibility index (Phi) is 8.16. The van der Waals surface area contributed by atoms with Crippen molar-refractivity contribution in [1.29, 1.82) is 5.26 Å². The van der Waals surface area contributed by atoms with Gasteiger partial charge in [-0.05, 0) is 82.4 Å². The Morgan fingerprint density at radius 3 is 2.65 bits per heavy atom. The zero-order valence-electron chi connectivity index (χ0n) is 18.7. The summed E-state index contributed by atoms with van der Waals surface area (Å²) in [6.07, 6.45) is 4.73. The molecule has 0 aliphatic heterocycles. The number of nitrogens with one attached hydrogen (secondary N) is 1. The molecule has 2 aromatic carbocycles. The summed E-state index contributed by atoms with van der Waals surface area (Å²) >= 11 is 1.57. The van der Waals surface area contributed by atoms with Crippen LogP contribution in [0.2, 0.25) is 0 Å². The second-order valence-electron chi connectivity index (χ2n) is 7.80. The van der Waals surface area contributed by atoms with Crippen LogP contribution in [-0.4, -0.2) is 29.9 Å². The number of hydrogen-bond donors (Lipinski definition) is 1. The topological polar surface area (TPSA) is 70.8 Å². The predicted octanol–water partition coefficient (Wildman–Crippen LogP) is 5.64. The molecule has 5 nitrogen and oxygen atoms in total. The Labute approximate surface area is 189 Å². The van der Waals surface area contributed by atoms with E-state index in [4.69, 9.17) is 4.74 Å². The highest BCUT2D eigenvalue weighted by atomic mass is 32.1. The second-order valence-corrected chi connectivity index (χ2v) is 8.78. The van der Waals surface area contributed by atoms with Crippen molar-refractivity contribution >= 4 is 11.3 Å². The van der Waals surface area contributed by atoms with Crippen molar-refractivity contribution in [1.82, 2.24) is 15.5 Å². The SMILES string of the molecule is CC(C)Oc1ccc(-c2nnc(-c3cccc4c3CCC4)s2)cc1C#N.CCCNC. The number of aryl methyl sites for hydroxylation is 1. The normalized spacial score (nSPS) is 12.1. The molecule has 31 heavy (non-hydrogen) atoms. The van der Waals surface area contributed by atoms with Gasteiger partial charge in [-0.25, -0.2) is 0 Å². The van der Waals surface area contributed by atoms with E-state index in [0.717, 1.165) is 35.0 Å². The Hall–Kier alpha value is -2.75. The highest BCUT2D eigenvalue weighted by molar-refractivity contribution is 7.17. The molecule has 1 aliphatic rings. The minimum Gasteiger partial charge on any atom is -0.490 e. The van der Waals surface area contributed by atoms with E-state index in [1.807, 2.05) is 39.1 Å². The Morgan fingerprint density at radius 1 is 1.16 bits per heavy atom. The summed E-state index contributed by atoms with van der Waals surface area (Å²) in [4.78, 5) is 0. The van der Waals surface area contributed by atoms with Gasteiger partial charge < -0.3 is 10.1 Å². The molecule has 6 heteroatoms. The molecular weight excluding hydrogens is 404 g/mol. The van der Waals surface area contributed by atoms with Gasteiger partial charge in [0.2, 0.25) is 0 Å². The summed E-state index contributed by atoms with van der Waals surface area (Å²) in [5.41, 5.74) is 5.46. The lowest BCUT2D eigenvalue weighted by Crippen LogP contribution is -2.06. The van der Waals surface area contributed by atoms with E-state index in [0.29, 0.717) is 11.3 Å². The molecule has 0 bridgehead atoms. The van der Waals surface area contributed by atoms with Crippen LogP contribution in [0.1, 0.15) is 50.3 Å². The lowest BCUT2D eigenvalue weighted by atomic mass is 10.0. The fourth-order valence-electron chi connectivity index (χ4n) is 3.63. The van der Waals surface area contributed by atoms with Crippen molar-refractivity contribution in [2.24, 2.45) is 0 Å². The molecular formula is C25H30N4OS. The Balaban J connectivity index is 0.000000491. The molecule has 4 rings (SSSR count). The van der Waals surface area contributed by atoms with Crippen LogP contribution in [0.4, 0.5) is 0 Å². The molecule has 0 spiro atoms. The summed E-state index contributed by atoms with van der Waals surface area (Å²) < 4.78 is 5.70. The first-order valence-electron chi connectivity index (χ1n) is 10.9. The molecule has 0 amide bonds. The standard InChI is InChI=1S/C21H19N3OS.C4H11N/c1-13(2)25-19-10-9-15(11-16(19)12-22)20-23-24-21(26-20)18-8-4-6-14-5-3-7-17(14)18;1-3-4-5-2/h4,6,8-11,13H,3,5,7H2,1-2H3;5H,3-4H2,1-2H3. The van der Waals surface area contributed by atoms with E-state index < -0.39 is 0 Å². The van der Waals surface area contributed by atoms with E-state index >= 15 is 0 Å². The van der Waals surface area contributed by atoms with Crippen LogP contribution in [-0.2, 0) is 12.8 Å². The molecule has 0 fully saturated rings. The van der Waals surface area contributed by atoms with Crippen molar-refractivity contribution < 1.29 is 4.74 Å². The highest BCUT2D eigenvalue weighted by Crippen LogP contribution is 2.37. The van der Waals surface area contributed by atoms with E-state index in [9.17, 15) is 5.26 Å². The fourth-order valence-corrected chi connectivity index (χ4v) is 4.52. The predicted molar refractivity (Wildman–Crippen MR) is 128 cm³/mol. The van der Waals surface area contributed by atoms with Gasteiger partial charge in [0, 0.05) is 11.1 Å². The van der Waals surface area contributed by atoms with Crippen LogP contribution >= 0.6 is 11.3 Å². The van der Waals surface area contributed by atoms with Gasteiger partial charge in [-0.3, -0.25) is 0 Å². The quantitative estimate of drug-likeness (QED) is 0.544. The van der Waals surface area contributed by atoms with Crippen molar-refractivity contribution in [2.45, 2.75) is 52.6 Å². The first-order valence-corrected chi connectivity index (χ1v) is 11.7. The van der Waals surface area contributed by atoms with Gasteiger partial charge in [0.15, 0.2) is 0 Å². The van der Waals surface area contributed by atoms with Crippen molar-refractivity contribution in [3.05, 3.63) is 53.1 Å². The van der Waals surface area contributed by atoms with Gasteiger partial charge in [0.05, 0.1) is 11.7 Å². The lowest BCUT2D eigenvalue weighted by Gasteiger charge is -2.11. The molecule has 0 saturated heterocycles. The van der Waals surface area contributed by atoms with E-state index in [2.05, 4.69) is 46.7 Å². The second kappa shape index (κ2) is 11.0. The Bertz CT molecular complexity index is 1050. The van der Waals surface area contributed by atoms with Crippen molar-refractivity contribution in [3.63, 3.8) is 0 Å². The third-order valence-corrected chi connectivity index (χ3v) is 6.02. The molecule has 1 heterocycles. The summed E-state index contributed by atoms with van der Waals surface area (Å²) in [6.45, 7) is 7.19. The molecule has 0 radical (unpaired) electrons. The lowest BCUT2D eigenvalue weighted by molar-refractivity contribution is 0.242. The summed E-state index contributed by atoms with van der Waals surface area (Å²) in [5.74, 6) is 0.608. The molecule has 1 aromatic heterocycles. The van der Waals surface area contributed by atoms with Crippen LogP contribution in [0.3, 0.4) is 0 Å². The minimum absolute atomic E-state index is 0.0289. The van der Waals surface area contributed by atoms with Gasteiger partial charge in [-0.2, -0.15) is 5.26 Å². The number of nitrogens with zero attached hydrogens (tertiary/aromatic N) is 3. The summed E-state index contributed by atoms with van der Waals surface area (Å²) in [6, 6.07) is 14.3. The fraction of sp³-hybridized carbons (Fsp3) is 0.400. The molecule has 162 valence electrons. The zero-order chi connectivity index (χ0) is 22.2. The molecule has 0 unspecified atom stereocenters. The van der Waals surface area contributed by atoms with Crippen LogP contribution in [0.25, 0.3) is 21.1 Å². The van der Waals surface area contributed by atoms with Gasteiger partial charge in [0.25, 0.3) is 0 Å². The average Bonchev–Trinajstić information content (AvgIpc) is 3.44. The number of fused-ring (bicyclic) bond motifs is 1. The van der Waals surface area contributed by atoms with Crippen LogP contribution in [0, 0.1) is 11.3 Å². The number of aromatic nitrogens is 2. The number of benzene rings is 2. The van der Waals surface area contributed by atoms with Crippen molar-refractivity contribution in [3.8, 4) is 33.0 Å². The molecule has 1 N–H and O–H groups in total. The highest BCUT2D eigenvalue weighted by Gasteiger charge is 2.18. The third-order valence-electron chi connectivity index (χ3n) is 5.01. The number of nitriles is 1. The maximum absolute atomic E-state index is 9.43. The smallest absolute Gasteiger partial charge is 0.148 e. The first-order chi connectivity index (χ1) is 15.1. The average molecular weight is 435 g/mol. The molecule has 1 aliphatic carbocycles. The number of hydrogen-bond acceptors (Lipinski definition) is 6. The van der Waals surface area contributed by atoms with Crippen LogP contribution in [0.15, 0.2) is 36.4 Å². The summed E-state index contributed by atoms with van der Waals surface area (Å²) in [5, 5.41) is 23.0. The molecule has 0 atom stereocenters. The zero-order valence-corrected chi connectivity index (χ0v) is 19.6. The van der Waals surface area contributed by atoms with Gasteiger partial charge in [-0.15, -0.1) is 10.2 Å². The molecule has 0 saturated carbocycles. The van der Waals surface area contributed by atoms with Gasteiger partial charge in [-0.1, -0.05) is 36.5 Å². The molecule has 3 aromatic rings. The van der Waals surface area contributed by atoms with Gasteiger partial charge >= 0.3 is 0 Å². The first kappa shape index (κ1) is 22.9. The number of ether oxygens (including phenoxy) is 1. The van der Waals surface area contributed by atoms with Crippen molar-refractivity contribution in [2.75, 3.05) is 13.6 Å². The van der Waals surface area contributed by atoms with Crippen LogP contribution in [0.5, 0.6) is 5.75 Å². The van der Waals surface area contributed by atoms with E-state index in [1.54, 1.807) is 11.3 Å². The monoisotopic (exact) mass is 434 g/mol. The van der Waals surface area contributed by atoms with E-state index in [-0.39, 0.29) is 6.10 Å². The third kappa shape index (κ3) is 5.69. The maximum atomic E-state index is 9.43. The minimum atomic E-state index is 0.0289. The largest absolute Gasteiger partial charge is 0.490 e. The van der Waals surface area contributed by atoms with E-state index in [1.165, 1.54) is 29.5 Å². The maximum Gasteiger partial charge on any atom is 0.148 e. The van der Waals surface area contributed by atoms with Gasteiger partial charge in [0.1, 0.15) is 21.8 Å². The Morgan fingerprint density at radius 2 is 1.97 bits per heavy atom. The number of rotatable bonds is 6. The van der Waals surface area contributed by atoms with Crippen LogP contribution < -0.4 is 10.1 Å².